The number of sulfonamides is 1. The van der Waals surface area contributed by atoms with Crippen molar-refractivity contribution >= 4 is 27.4 Å². The zero-order valence-electron chi connectivity index (χ0n) is 16.9. The van der Waals surface area contributed by atoms with Gasteiger partial charge in [-0.2, -0.15) is 9.57 Å². The molecule has 0 N–H and O–H groups in total. The topological polar surface area (TPSA) is 104 Å². The van der Waals surface area contributed by atoms with Crippen molar-refractivity contribution in [2.24, 2.45) is 0 Å². The lowest BCUT2D eigenvalue weighted by atomic mass is 9.98. The molecular formula is C21H23ClN4O3S. The maximum Gasteiger partial charge on any atom is 0.244 e. The van der Waals surface area contributed by atoms with Gasteiger partial charge in [0.15, 0.2) is 17.5 Å². The van der Waals surface area contributed by atoms with E-state index >= 15 is 0 Å². The van der Waals surface area contributed by atoms with E-state index in [9.17, 15) is 18.5 Å². The number of rotatable bonds is 5. The van der Waals surface area contributed by atoms with Crippen molar-refractivity contribution < 1.29 is 13.2 Å². The van der Waals surface area contributed by atoms with Gasteiger partial charge < -0.3 is 0 Å². The number of nitriles is 1. The highest BCUT2D eigenvalue weighted by atomic mass is 35.5. The van der Waals surface area contributed by atoms with Gasteiger partial charge in [-0.1, -0.05) is 24.4 Å². The SMILES string of the molecule is Cc1cc(C)nc(C(C#N)C(=O)c2ccc(Cl)c(S(=O)(=O)N3CCCCCC3)c2)n1. The lowest BCUT2D eigenvalue weighted by Gasteiger charge is -2.21. The van der Waals surface area contributed by atoms with Gasteiger partial charge in [-0.25, -0.2) is 18.4 Å². The number of hydrogen-bond donors (Lipinski definition) is 0. The van der Waals surface area contributed by atoms with Crippen LogP contribution in [0.3, 0.4) is 0 Å². The molecule has 1 unspecified atom stereocenters. The Hall–Kier alpha value is -2.34. The molecule has 2 aromatic rings. The number of benzene rings is 1. The van der Waals surface area contributed by atoms with Gasteiger partial charge in [-0.3, -0.25) is 4.79 Å². The van der Waals surface area contributed by atoms with Gasteiger partial charge in [0, 0.05) is 30.0 Å². The highest BCUT2D eigenvalue weighted by Crippen LogP contribution is 2.29. The van der Waals surface area contributed by atoms with Gasteiger partial charge >= 0.3 is 0 Å². The Morgan fingerprint density at radius 3 is 2.27 bits per heavy atom. The molecule has 7 nitrogen and oxygen atoms in total. The summed E-state index contributed by atoms with van der Waals surface area (Å²) in [4.78, 5) is 21.4. The van der Waals surface area contributed by atoms with Crippen molar-refractivity contribution in [2.45, 2.75) is 50.3 Å². The molecule has 1 atom stereocenters. The van der Waals surface area contributed by atoms with E-state index in [4.69, 9.17) is 11.6 Å². The van der Waals surface area contributed by atoms with Gasteiger partial charge in [0.25, 0.3) is 0 Å². The number of halogens is 1. The summed E-state index contributed by atoms with van der Waals surface area (Å²) in [5.74, 6) is -1.70. The van der Waals surface area contributed by atoms with Crippen molar-refractivity contribution in [1.82, 2.24) is 14.3 Å². The Morgan fingerprint density at radius 1 is 1.10 bits per heavy atom. The van der Waals surface area contributed by atoms with E-state index in [-0.39, 0.29) is 21.3 Å². The Balaban J connectivity index is 1.99. The molecule has 1 fully saturated rings. The summed E-state index contributed by atoms with van der Waals surface area (Å²) >= 11 is 6.21. The second kappa shape index (κ2) is 9.21. The zero-order chi connectivity index (χ0) is 21.9. The van der Waals surface area contributed by atoms with Crippen molar-refractivity contribution in [3.8, 4) is 6.07 Å². The Labute approximate surface area is 181 Å². The normalized spacial score (nSPS) is 16.5. The fraction of sp³-hybridized carbons (Fsp3) is 0.429. The second-order valence-electron chi connectivity index (χ2n) is 7.40. The highest BCUT2D eigenvalue weighted by Gasteiger charge is 2.30. The average molecular weight is 447 g/mol. The van der Waals surface area contributed by atoms with Crippen molar-refractivity contribution in [3.63, 3.8) is 0 Å². The van der Waals surface area contributed by atoms with E-state index in [1.807, 2.05) is 6.07 Å². The first-order chi connectivity index (χ1) is 14.2. The number of Topliss-reactive ketones (excluding diaryl/α,β-unsaturated/α-hetero) is 1. The number of hydrogen-bond acceptors (Lipinski definition) is 6. The maximum absolute atomic E-state index is 13.2. The van der Waals surface area contributed by atoms with E-state index in [0.717, 1.165) is 25.7 Å². The van der Waals surface area contributed by atoms with E-state index in [1.165, 1.54) is 22.5 Å². The van der Waals surface area contributed by atoms with Crippen LogP contribution in [0.25, 0.3) is 0 Å². The van der Waals surface area contributed by atoms with Gasteiger partial charge in [-0.05, 0) is 51.0 Å². The van der Waals surface area contributed by atoms with Crippen LogP contribution in [0.1, 0.15) is 59.2 Å². The van der Waals surface area contributed by atoms with Crippen molar-refractivity contribution in [3.05, 3.63) is 52.1 Å². The predicted octanol–water partition coefficient (Wildman–Crippen LogP) is 3.80. The highest BCUT2D eigenvalue weighted by molar-refractivity contribution is 7.89. The fourth-order valence-electron chi connectivity index (χ4n) is 3.56. The van der Waals surface area contributed by atoms with Crippen LogP contribution in [0.5, 0.6) is 0 Å². The molecule has 0 amide bonds. The van der Waals surface area contributed by atoms with Gasteiger partial charge in [-0.15, -0.1) is 0 Å². The van der Waals surface area contributed by atoms with E-state index < -0.39 is 21.7 Å². The van der Waals surface area contributed by atoms with Crippen LogP contribution in [-0.2, 0) is 10.0 Å². The summed E-state index contributed by atoms with van der Waals surface area (Å²) in [7, 11) is -3.85. The first-order valence-corrected chi connectivity index (χ1v) is 11.6. The number of aromatic nitrogens is 2. The summed E-state index contributed by atoms with van der Waals surface area (Å²) in [6.45, 7) is 4.36. The van der Waals surface area contributed by atoms with Crippen LogP contribution in [0, 0.1) is 25.2 Å². The number of ketones is 1. The van der Waals surface area contributed by atoms with E-state index in [0.29, 0.717) is 24.5 Å². The summed E-state index contributed by atoms with van der Waals surface area (Å²) in [6.07, 6.45) is 3.54. The number of nitrogens with zero attached hydrogens (tertiary/aromatic N) is 4. The standard InChI is InChI=1S/C21H23ClN4O3S/c1-14-11-15(2)25-21(24-14)17(13-23)20(27)16-7-8-18(22)19(12-16)30(28,29)26-9-5-3-4-6-10-26/h7-8,11-12,17H,3-6,9-10H2,1-2H3. The first kappa shape index (κ1) is 22.3. The molecule has 0 spiro atoms. The molecule has 1 saturated heterocycles. The second-order valence-corrected chi connectivity index (χ2v) is 9.71. The summed E-state index contributed by atoms with van der Waals surface area (Å²) < 4.78 is 27.8. The molecule has 0 bridgehead atoms. The predicted molar refractivity (Wildman–Crippen MR) is 113 cm³/mol. The molecule has 158 valence electrons. The molecule has 1 aromatic heterocycles. The first-order valence-electron chi connectivity index (χ1n) is 9.80. The molecule has 1 aliphatic rings. The largest absolute Gasteiger partial charge is 0.292 e. The summed E-state index contributed by atoms with van der Waals surface area (Å²) in [5.41, 5.74) is 1.37. The molecule has 0 radical (unpaired) electrons. The molecule has 1 aliphatic heterocycles. The van der Waals surface area contributed by atoms with Crippen LogP contribution < -0.4 is 0 Å². The molecule has 3 rings (SSSR count). The van der Waals surface area contributed by atoms with E-state index in [1.54, 1.807) is 19.9 Å². The Kier molecular flexibility index (Phi) is 6.86. The quantitative estimate of drug-likeness (QED) is 0.647. The number of carbonyl (C=O) groups is 1. The number of carbonyl (C=O) groups excluding carboxylic acids is 1. The third-order valence-electron chi connectivity index (χ3n) is 5.05. The molecule has 30 heavy (non-hydrogen) atoms. The maximum atomic E-state index is 13.2. The summed E-state index contributed by atoms with van der Waals surface area (Å²) in [5, 5.41) is 9.66. The monoisotopic (exact) mass is 446 g/mol. The number of aryl methyl sites for hydroxylation is 2. The van der Waals surface area contributed by atoms with Crippen molar-refractivity contribution in [2.75, 3.05) is 13.1 Å². The van der Waals surface area contributed by atoms with Gasteiger partial charge in [0.05, 0.1) is 11.1 Å². The minimum Gasteiger partial charge on any atom is -0.292 e. The van der Waals surface area contributed by atoms with Gasteiger partial charge in [0.2, 0.25) is 10.0 Å². The molecule has 0 saturated carbocycles. The van der Waals surface area contributed by atoms with Gasteiger partial charge in [0.1, 0.15) is 4.90 Å². The molecule has 9 heteroatoms. The third kappa shape index (κ3) is 4.69. The van der Waals surface area contributed by atoms with Crippen molar-refractivity contribution in [1.29, 1.82) is 5.26 Å². The van der Waals surface area contributed by atoms with Crippen LogP contribution in [0.2, 0.25) is 5.02 Å². The molecular weight excluding hydrogens is 424 g/mol. The smallest absolute Gasteiger partial charge is 0.244 e. The lowest BCUT2D eigenvalue weighted by molar-refractivity contribution is 0.0976. The minimum absolute atomic E-state index is 0.0481. The lowest BCUT2D eigenvalue weighted by Crippen LogP contribution is -2.32. The third-order valence-corrected chi connectivity index (χ3v) is 7.43. The molecule has 0 aliphatic carbocycles. The van der Waals surface area contributed by atoms with Crippen LogP contribution >= 0.6 is 11.6 Å². The Bertz CT molecular complexity index is 1080. The molecule has 1 aromatic carbocycles. The zero-order valence-corrected chi connectivity index (χ0v) is 18.5. The van der Waals surface area contributed by atoms with E-state index in [2.05, 4.69) is 9.97 Å². The van der Waals surface area contributed by atoms with Crippen LogP contribution in [0.4, 0.5) is 0 Å². The minimum atomic E-state index is -3.85. The van der Waals surface area contributed by atoms with Crippen LogP contribution in [0.15, 0.2) is 29.2 Å². The fourth-order valence-corrected chi connectivity index (χ4v) is 5.58. The average Bonchev–Trinajstić information content (AvgIpc) is 2.98. The Morgan fingerprint density at radius 2 is 1.70 bits per heavy atom. The molecule has 2 heterocycles. The van der Waals surface area contributed by atoms with Crippen LogP contribution in [-0.4, -0.2) is 41.6 Å². The summed E-state index contributed by atoms with van der Waals surface area (Å²) in [6, 6.07) is 7.77.